The first-order chi connectivity index (χ1) is 8.27. The van der Waals surface area contributed by atoms with Gasteiger partial charge in [-0.15, -0.1) is 0 Å². The molecule has 0 amide bonds. The van der Waals surface area contributed by atoms with E-state index in [-0.39, 0.29) is 5.79 Å². The van der Waals surface area contributed by atoms with Crippen LogP contribution < -0.4 is 0 Å². The molecule has 3 heterocycles. The van der Waals surface area contributed by atoms with Gasteiger partial charge in [-0.3, -0.25) is 4.90 Å². The van der Waals surface area contributed by atoms with E-state index in [0.29, 0.717) is 0 Å². The van der Waals surface area contributed by atoms with Crippen LogP contribution in [0.2, 0.25) is 0 Å². The summed E-state index contributed by atoms with van der Waals surface area (Å²) in [6, 6.07) is 0.757. The highest BCUT2D eigenvalue weighted by Gasteiger charge is 2.41. The second kappa shape index (κ2) is 4.84. The Labute approximate surface area is 104 Å². The molecule has 98 valence electrons. The van der Waals surface area contributed by atoms with E-state index in [2.05, 4.69) is 16.8 Å². The Morgan fingerprint density at radius 1 is 1.06 bits per heavy atom. The third-order valence-corrected chi connectivity index (χ3v) is 4.49. The van der Waals surface area contributed by atoms with Gasteiger partial charge in [0.05, 0.1) is 13.2 Å². The Bertz CT molecular complexity index is 256. The van der Waals surface area contributed by atoms with Gasteiger partial charge in [0.25, 0.3) is 0 Å². The van der Waals surface area contributed by atoms with E-state index in [1.807, 2.05) is 0 Å². The maximum atomic E-state index is 5.78. The molecule has 0 aromatic rings. The molecule has 1 atom stereocenters. The van der Waals surface area contributed by atoms with Gasteiger partial charge in [0.1, 0.15) is 0 Å². The van der Waals surface area contributed by atoms with E-state index in [1.165, 1.54) is 25.9 Å². The van der Waals surface area contributed by atoms with Gasteiger partial charge in [0.15, 0.2) is 5.79 Å². The summed E-state index contributed by atoms with van der Waals surface area (Å²) in [5.41, 5.74) is 0. The van der Waals surface area contributed by atoms with Gasteiger partial charge in [-0.25, -0.2) is 0 Å². The number of likely N-dealkylation sites (tertiary alicyclic amines) is 2. The first-order valence-electron chi connectivity index (χ1n) is 6.98. The van der Waals surface area contributed by atoms with E-state index >= 15 is 0 Å². The summed E-state index contributed by atoms with van der Waals surface area (Å²) in [6.45, 7) is 6.34. The molecule has 0 saturated carbocycles. The largest absolute Gasteiger partial charge is 0.347 e. The Balaban J connectivity index is 1.53. The van der Waals surface area contributed by atoms with Crippen molar-refractivity contribution in [2.45, 2.75) is 37.5 Å². The van der Waals surface area contributed by atoms with Gasteiger partial charge in [-0.05, 0) is 26.4 Å². The highest BCUT2D eigenvalue weighted by molar-refractivity contribution is 4.87. The van der Waals surface area contributed by atoms with Crippen molar-refractivity contribution in [2.75, 3.05) is 46.4 Å². The van der Waals surface area contributed by atoms with Crippen LogP contribution in [0.25, 0.3) is 0 Å². The lowest BCUT2D eigenvalue weighted by molar-refractivity contribution is -0.188. The quantitative estimate of drug-likeness (QED) is 0.680. The molecule has 3 rings (SSSR count). The van der Waals surface area contributed by atoms with Gasteiger partial charge in [0, 0.05) is 38.5 Å². The average Bonchev–Trinajstić information content (AvgIpc) is 2.79. The Kier molecular flexibility index (Phi) is 3.39. The summed E-state index contributed by atoms with van der Waals surface area (Å²) in [6.07, 6.45) is 4.80. The smallest absolute Gasteiger partial charge is 0.170 e. The van der Waals surface area contributed by atoms with Crippen molar-refractivity contribution in [3.8, 4) is 0 Å². The van der Waals surface area contributed by atoms with Gasteiger partial charge in [-0.2, -0.15) is 0 Å². The lowest BCUT2D eigenvalue weighted by atomic mass is 9.98. The minimum absolute atomic E-state index is 0.211. The Morgan fingerprint density at radius 3 is 2.41 bits per heavy atom. The molecule has 0 radical (unpaired) electrons. The molecule has 0 aliphatic carbocycles. The number of nitrogens with zero attached hydrogens (tertiary/aromatic N) is 2. The first kappa shape index (κ1) is 11.9. The van der Waals surface area contributed by atoms with Gasteiger partial charge in [-0.1, -0.05) is 0 Å². The number of rotatable bonds is 1. The molecule has 3 aliphatic heterocycles. The van der Waals surface area contributed by atoms with Crippen LogP contribution in [0.1, 0.15) is 25.7 Å². The van der Waals surface area contributed by atoms with Crippen molar-refractivity contribution in [3.05, 3.63) is 0 Å². The van der Waals surface area contributed by atoms with E-state index in [0.717, 1.165) is 45.2 Å². The molecule has 17 heavy (non-hydrogen) atoms. The van der Waals surface area contributed by atoms with Crippen LogP contribution >= 0.6 is 0 Å². The van der Waals surface area contributed by atoms with E-state index in [1.54, 1.807) is 0 Å². The summed E-state index contributed by atoms with van der Waals surface area (Å²) in [7, 11) is 2.24. The fraction of sp³-hybridized carbons (Fsp3) is 1.00. The topological polar surface area (TPSA) is 24.9 Å². The Morgan fingerprint density at radius 2 is 1.76 bits per heavy atom. The molecular weight excluding hydrogens is 216 g/mol. The standard InChI is InChI=1S/C13H24N2O2/c1-14-6-2-3-12(11-14)15-7-4-13(5-8-15)16-9-10-17-13/h12H,2-11H2,1H3. The monoisotopic (exact) mass is 240 g/mol. The van der Waals surface area contributed by atoms with Crippen LogP contribution in [0.15, 0.2) is 0 Å². The normalized spacial score (nSPS) is 35.5. The predicted octanol–water partition coefficient (Wildman–Crippen LogP) is 0.919. The molecule has 1 spiro atoms. The number of hydrogen-bond acceptors (Lipinski definition) is 4. The highest BCUT2D eigenvalue weighted by atomic mass is 16.7. The number of ether oxygens (including phenoxy) is 2. The number of likely N-dealkylation sites (N-methyl/N-ethyl adjacent to an activating group) is 1. The molecular formula is C13H24N2O2. The van der Waals surface area contributed by atoms with Crippen LogP contribution in [0.3, 0.4) is 0 Å². The molecule has 0 N–H and O–H groups in total. The van der Waals surface area contributed by atoms with Crippen molar-refractivity contribution in [2.24, 2.45) is 0 Å². The van der Waals surface area contributed by atoms with Crippen molar-refractivity contribution < 1.29 is 9.47 Å². The van der Waals surface area contributed by atoms with Crippen LogP contribution in [0.5, 0.6) is 0 Å². The minimum Gasteiger partial charge on any atom is -0.347 e. The summed E-state index contributed by atoms with van der Waals surface area (Å²) >= 11 is 0. The fourth-order valence-corrected chi connectivity index (χ4v) is 3.45. The molecule has 0 bridgehead atoms. The van der Waals surface area contributed by atoms with E-state index < -0.39 is 0 Å². The number of piperidine rings is 2. The second-order valence-electron chi connectivity index (χ2n) is 5.70. The SMILES string of the molecule is CN1CCCC(N2CCC3(CC2)OCCO3)C1. The molecule has 0 aromatic carbocycles. The van der Waals surface area contributed by atoms with Crippen molar-refractivity contribution in [1.29, 1.82) is 0 Å². The molecule has 4 nitrogen and oxygen atoms in total. The van der Waals surface area contributed by atoms with Crippen LogP contribution in [0.4, 0.5) is 0 Å². The molecule has 3 aliphatic rings. The zero-order valence-electron chi connectivity index (χ0n) is 10.9. The lowest BCUT2D eigenvalue weighted by Gasteiger charge is -2.44. The highest BCUT2D eigenvalue weighted by Crippen LogP contribution is 2.32. The van der Waals surface area contributed by atoms with E-state index in [4.69, 9.17) is 9.47 Å². The predicted molar refractivity (Wildman–Crippen MR) is 66.0 cm³/mol. The minimum atomic E-state index is -0.211. The van der Waals surface area contributed by atoms with Crippen molar-refractivity contribution in [3.63, 3.8) is 0 Å². The summed E-state index contributed by atoms with van der Waals surface area (Å²) in [4.78, 5) is 5.10. The second-order valence-corrected chi connectivity index (χ2v) is 5.70. The molecule has 4 heteroatoms. The van der Waals surface area contributed by atoms with Crippen LogP contribution in [-0.2, 0) is 9.47 Å². The first-order valence-corrected chi connectivity index (χ1v) is 6.98. The summed E-state index contributed by atoms with van der Waals surface area (Å²) in [5, 5.41) is 0. The Hall–Kier alpha value is -0.160. The maximum Gasteiger partial charge on any atom is 0.170 e. The zero-order valence-corrected chi connectivity index (χ0v) is 10.9. The zero-order chi connectivity index (χ0) is 11.7. The molecule has 1 unspecified atom stereocenters. The number of hydrogen-bond donors (Lipinski definition) is 0. The lowest BCUT2D eigenvalue weighted by Crippen LogP contribution is -2.53. The van der Waals surface area contributed by atoms with Crippen molar-refractivity contribution >= 4 is 0 Å². The van der Waals surface area contributed by atoms with Gasteiger partial charge >= 0.3 is 0 Å². The summed E-state index contributed by atoms with van der Waals surface area (Å²) in [5.74, 6) is -0.211. The van der Waals surface area contributed by atoms with Crippen LogP contribution in [-0.4, -0.2) is 68.1 Å². The van der Waals surface area contributed by atoms with Crippen LogP contribution in [0, 0.1) is 0 Å². The third kappa shape index (κ3) is 2.50. The average molecular weight is 240 g/mol. The van der Waals surface area contributed by atoms with Gasteiger partial charge in [0.2, 0.25) is 0 Å². The summed E-state index contributed by atoms with van der Waals surface area (Å²) < 4.78 is 11.6. The maximum absolute atomic E-state index is 5.78. The fourth-order valence-electron chi connectivity index (χ4n) is 3.45. The third-order valence-electron chi connectivity index (χ3n) is 4.49. The molecule has 3 saturated heterocycles. The van der Waals surface area contributed by atoms with E-state index in [9.17, 15) is 0 Å². The molecule has 0 aromatic heterocycles. The molecule has 3 fully saturated rings. The van der Waals surface area contributed by atoms with Gasteiger partial charge < -0.3 is 14.4 Å². The van der Waals surface area contributed by atoms with Crippen molar-refractivity contribution in [1.82, 2.24) is 9.80 Å².